The fourth-order valence-electron chi connectivity index (χ4n) is 2.51. The normalized spacial score (nSPS) is 12.5. The third kappa shape index (κ3) is 6.37. The van der Waals surface area contributed by atoms with Gasteiger partial charge in [-0.25, -0.2) is 4.79 Å². The summed E-state index contributed by atoms with van der Waals surface area (Å²) in [5, 5.41) is 7.59. The highest BCUT2D eigenvalue weighted by Gasteiger charge is 2.16. The molecule has 0 fully saturated rings. The molecule has 2 amide bonds. The van der Waals surface area contributed by atoms with Crippen LogP contribution >= 0.6 is 0 Å². The van der Waals surface area contributed by atoms with Crippen molar-refractivity contribution in [2.45, 2.75) is 38.8 Å². The molecule has 2 aromatic carbocycles. The number of hydrogen-bond acceptors (Lipinski definition) is 4. The van der Waals surface area contributed by atoms with Crippen molar-refractivity contribution >= 4 is 22.8 Å². The Morgan fingerprint density at radius 1 is 1.04 bits per heavy atom. The van der Waals surface area contributed by atoms with Gasteiger partial charge in [0, 0.05) is 13.1 Å². The molecule has 0 saturated carbocycles. The van der Waals surface area contributed by atoms with Crippen LogP contribution in [-0.2, 0) is 16.0 Å². The van der Waals surface area contributed by atoms with Crippen LogP contribution in [0.5, 0.6) is 0 Å². The summed E-state index contributed by atoms with van der Waals surface area (Å²) < 4.78 is 5.12. The summed E-state index contributed by atoms with van der Waals surface area (Å²) in [6, 6.07) is 13.5. The highest BCUT2D eigenvalue weighted by atomic mass is 16.6. The third-order valence-electron chi connectivity index (χ3n) is 3.70. The van der Waals surface area contributed by atoms with Crippen molar-refractivity contribution in [3.63, 3.8) is 0 Å². The van der Waals surface area contributed by atoms with Crippen LogP contribution in [0, 0.1) is 0 Å². The van der Waals surface area contributed by atoms with Crippen LogP contribution in [0.4, 0.5) is 4.79 Å². The second-order valence-corrected chi connectivity index (χ2v) is 7.21. The first-order chi connectivity index (χ1) is 12.2. The Morgan fingerprint density at radius 2 is 1.69 bits per heavy atom. The number of rotatable bonds is 6. The average molecular weight is 357 g/mol. The molecule has 0 saturated heterocycles. The van der Waals surface area contributed by atoms with Crippen LogP contribution in [0.15, 0.2) is 42.5 Å². The molecule has 0 heterocycles. The number of benzene rings is 2. The molecule has 4 N–H and O–H groups in total. The molecule has 6 nitrogen and oxygen atoms in total. The van der Waals surface area contributed by atoms with E-state index in [4.69, 9.17) is 10.5 Å². The minimum Gasteiger partial charge on any atom is -0.444 e. The zero-order valence-electron chi connectivity index (χ0n) is 15.5. The molecule has 2 aromatic rings. The summed E-state index contributed by atoms with van der Waals surface area (Å²) in [5.74, 6) is -0.246. The Morgan fingerprint density at radius 3 is 2.38 bits per heavy atom. The van der Waals surface area contributed by atoms with Gasteiger partial charge in [0.05, 0.1) is 6.04 Å². The molecular formula is C20H27N3O3. The number of carbonyl (C=O) groups excluding carboxylic acids is 2. The first kappa shape index (κ1) is 19.7. The van der Waals surface area contributed by atoms with E-state index in [0.29, 0.717) is 13.0 Å². The highest BCUT2D eigenvalue weighted by molar-refractivity contribution is 5.84. The molecule has 0 aliphatic rings. The number of alkyl carbamates (subject to hydrolysis) is 1. The molecule has 0 unspecified atom stereocenters. The lowest BCUT2D eigenvalue weighted by molar-refractivity contribution is -0.122. The van der Waals surface area contributed by atoms with Gasteiger partial charge in [0.1, 0.15) is 5.60 Å². The van der Waals surface area contributed by atoms with E-state index in [9.17, 15) is 9.59 Å². The van der Waals surface area contributed by atoms with Gasteiger partial charge in [0.25, 0.3) is 0 Å². The largest absolute Gasteiger partial charge is 0.444 e. The number of nitrogens with two attached hydrogens (primary N) is 1. The van der Waals surface area contributed by atoms with Gasteiger partial charge >= 0.3 is 6.09 Å². The number of fused-ring (bicyclic) bond motifs is 1. The molecule has 1 atom stereocenters. The highest BCUT2D eigenvalue weighted by Crippen LogP contribution is 2.16. The summed E-state index contributed by atoms with van der Waals surface area (Å²) in [7, 11) is 0. The maximum absolute atomic E-state index is 12.1. The molecule has 0 aliphatic carbocycles. The molecule has 0 radical (unpaired) electrons. The van der Waals surface area contributed by atoms with E-state index < -0.39 is 17.7 Å². The SMILES string of the molecule is CC(C)(C)OC(=O)NCCNC(=O)[C@H](N)Cc1ccc2ccccc2c1. The minimum atomic E-state index is -0.641. The Bertz CT molecular complexity index is 768. The van der Waals surface area contributed by atoms with E-state index in [1.54, 1.807) is 20.8 Å². The maximum Gasteiger partial charge on any atom is 0.407 e. The molecule has 2 rings (SSSR count). The van der Waals surface area contributed by atoms with Gasteiger partial charge < -0.3 is 21.1 Å². The maximum atomic E-state index is 12.1. The Hall–Kier alpha value is -2.60. The Kier molecular flexibility index (Phi) is 6.58. The summed E-state index contributed by atoms with van der Waals surface area (Å²) in [6.07, 6.45) is -0.0527. The second-order valence-electron chi connectivity index (χ2n) is 7.21. The van der Waals surface area contributed by atoms with Crippen molar-refractivity contribution < 1.29 is 14.3 Å². The van der Waals surface area contributed by atoms with Crippen molar-refractivity contribution in [3.05, 3.63) is 48.0 Å². The molecular weight excluding hydrogens is 330 g/mol. The van der Waals surface area contributed by atoms with Gasteiger partial charge in [-0.05, 0) is 43.5 Å². The van der Waals surface area contributed by atoms with Gasteiger partial charge in [0.2, 0.25) is 5.91 Å². The smallest absolute Gasteiger partial charge is 0.407 e. The van der Waals surface area contributed by atoms with Gasteiger partial charge in [-0.1, -0.05) is 42.5 Å². The zero-order valence-corrected chi connectivity index (χ0v) is 15.5. The molecule has 140 valence electrons. The Labute approximate surface area is 154 Å². The van der Waals surface area contributed by atoms with E-state index in [2.05, 4.69) is 10.6 Å². The van der Waals surface area contributed by atoms with Crippen LogP contribution in [0.3, 0.4) is 0 Å². The number of hydrogen-bond donors (Lipinski definition) is 3. The van der Waals surface area contributed by atoms with Crippen molar-refractivity contribution in [1.82, 2.24) is 10.6 Å². The van der Waals surface area contributed by atoms with Crippen LogP contribution < -0.4 is 16.4 Å². The van der Waals surface area contributed by atoms with Crippen molar-refractivity contribution in [1.29, 1.82) is 0 Å². The minimum absolute atomic E-state index is 0.246. The van der Waals surface area contributed by atoms with E-state index in [1.807, 2.05) is 42.5 Å². The average Bonchev–Trinajstić information content (AvgIpc) is 2.56. The lowest BCUT2D eigenvalue weighted by Crippen LogP contribution is -2.45. The quantitative estimate of drug-likeness (QED) is 0.692. The fourth-order valence-corrected chi connectivity index (χ4v) is 2.51. The third-order valence-corrected chi connectivity index (χ3v) is 3.70. The monoisotopic (exact) mass is 357 g/mol. The first-order valence-electron chi connectivity index (χ1n) is 8.72. The zero-order chi connectivity index (χ0) is 19.2. The lowest BCUT2D eigenvalue weighted by atomic mass is 10.0. The Balaban J connectivity index is 1.75. The topological polar surface area (TPSA) is 93.5 Å². The summed E-state index contributed by atoms with van der Waals surface area (Å²) >= 11 is 0. The number of carbonyl (C=O) groups is 2. The van der Waals surface area contributed by atoms with Crippen molar-refractivity contribution in [2.24, 2.45) is 5.73 Å². The molecule has 0 aromatic heterocycles. The fraction of sp³-hybridized carbons (Fsp3) is 0.400. The molecule has 0 aliphatic heterocycles. The lowest BCUT2D eigenvalue weighted by Gasteiger charge is -2.19. The van der Waals surface area contributed by atoms with Crippen LogP contribution in [-0.4, -0.2) is 36.7 Å². The van der Waals surface area contributed by atoms with Crippen LogP contribution in [0.2, 0.25) is 0 Å². The predicted molar refractivity (Wildman–Crippen MR) is 103 cm³/mol. The predicted octanol–water partition coefficient (Wildman–Crippen LogP) is 2.35. The van der Waals surface area contributed by atoms with E-state index in [1.165, 1.54) is 0 Å². The second kappa shape index (κ2) is 8.67. The van der Waals surface area contributed by atoms with Gasteiger partial charge in [-0.15, -0.1) is 0 Å². The molecule has 0 spiro atoms. The number of ether oxygens (including phenoxy) is 1. The number of amides is 2. The first-order valence-corrected chi connectivity index (χ1v) is 8.72. The van der Waals surface area contributed by atoms with E-state index >= 15 is 0 Å². The van der Waals surface area contributed by atoms with E-state index in [-0.39, 0.29) is 12.5 Å². The van der Waals surface area contributed by atoms with Crippen LogP contribution in [0.25, 0.3) is 10.8 Å². The van der Waals surface area contributed by atoms with Crippen molar-refractivity contribution in [3.8, 4) is 0 Å². The summed E-state index contributed by atoms with van der Waals surface area (Å²) in [4.78, 5) is 23.6. The van der Waals surface area contributed by atoms with Crippen LogP contribution in [0.1, 0.15) is 26.3 Å². The summed E-state index contributed by atoms with van der Waals surface area (Å²) in [5.41, 5.74) is 6.46. The molecule has 26 heavy (non-hydrogen) atoms. The molecule has 6 heteroatoms. The van der Waals surface area contributed by atoms with Gasteiger partial charge in [-0.2, -0.15) is 0 Å². The standard InChI is InChI=1S/C20H27N3O3/c1-20(2,3)26-19(25)23-11-10-22-18(24)17(21)13-14-8-9-15-6-4-5-7-16(15)12-14/h4-9,12,17H,10-11,13,21H2,1-3H3,(H,22,24)(H,23,25)/t17-/m1/s1. The van der Waals surface area contributed by atoms with Gasteiger partial charge in [0.15, 0.2) is 0 Å². The van der Waals surface area contributed by atoms with E-state index in [0.717, 1.165) is 16.3 Å². The summed E-state index contributed by atoms with van der Waals surface area (Å²) in [6.45, 7) is 5.95. The van der Waals surface area contributed by atoms with Gasteiger partial charge in [-0.3, -0.25) is 4.79 Å². The molecule has 0 bridgehead atoms. The van der Waals surface area contributed by atoms with Crippen molar-refractivity contribution in [2.75, 3.05) is 13.1 Å². The number of nitrogens with one attached hydrogen (secondary N) is 2.